The summed E-state index contributed by atoms with van der Waals surface area (Å²) in [5.41, 5.74) is 0. The van der Waals surface area contributed by atoms with Crippen molar-refractivity contribution in [2.24, 2.45) is 5.92 Å². The van der Waals surface area contributed by atoms with Crippen LogP contribution in [0.5, 0.6) is 0 Å². The Labute approximate surface area is 108 Å². The summed E-state index contributed by atoms with van der Waals surface area (Å²) in [7, 11) is 0. The van der Waals surface area contributed by atoms with Crippen molar-refractivity contribution in [1.82, 2.24) is 0 Å². The fourth-order valence-electron chi connectivity index (χ4n) is 0.272. The van der Waals surface area contributed by atoms with Gasteiger partial charge in [-0.3, -0.25) is 4.79 Å². The van der Waals surface area contributed by atoms with Crippen LogP contribution < -0.4 is 0 Å². The molecule has 0 heterocycles. The molecule has 1 fully saturated rings. The maximum atomic E-state index is 10.7. The van der Waals surface area contributed by atoms with Crippen molar-refractivity contribution >= 4 is 40.6 Å². The molecular formula is C9H14Cl3F3O. The molecule has 98 valence electrons. The molecule has 0 unspecified atom stereocenters. The minimum Gasteiger partial charge on any atom is -0.299 e. The summed E-state index contributed by atoms with van der Waals surface area (Å²) < 4.78 is 32.0. The summed E-state index contributed by atoms with van der Waals surface area (Å²) in [6.45, 7) is 1.45. The highest BCUT2D eigenvalue weighted by Crippen LogP contribution is 2.29. The fourth-order valence-corrected chi connectivity index (χ4v) is 0.581. The highest BCUT2D eigenvalue weighted by Gasteiger charge is 2.24. The molecule has 0 atom stereocenters. The van der Waals surface area contributed by atoms with Gasteiger partial charge in [0, 0.05) is 5.88 Å². The topological polar surface area (TPSA) is 17.1 Å². The maximum Gasteiger partial charge on any atom is 0.402 e. The molecule has 0 amide bonds. The van der Waals surface area contributed by atoms with Crippen molar-refractivity contribution in [2.45, 2.75) is 25.9 Å². The molecule has 0 bridgehead atoms. The predicted molar refractivity (Wildman–Crippen MR) is 61.6 cm³/mol. The second-order valence-corrected chi connectivity index (χ2v) is 4.03. The number of hydrogen-bond acceptors (Lipinski definition) is 1. The van der Waals surface area contributed by atoms with Crippen LogP contribution in [-0.2, 0) is 4.79 Å². The Morgan fingerprint density at radius 2 is 1.56 bits per heavy atom. The molecular weight excluding hydrogens is 287 g/mol. The predicted octanol–water partition coefficient (Wildman–Crippen LogP) is 4.24. The molecule has 0 saturated heterocycles. The number of halogens is 6. The summed E-state index contributed by atoms with van der Waals surface area (Å²) in [4.78, 5) is 9.68. The highest BCUT2D eigenvalue weighted by atomic mass is 35.5. The van der Waals surface area contributed by atoms with Crippen LogP contribution in [0.4, 0.5) is 13.2 Å². The van der Waals surface area contributed by atoms with Crippen LogP contribution in [0.25, 0.3) is 0 Å². The van der Waals surface area contributed by atoms with Gasteiger partial charge >= 0.3 is 6.18 Å². The van der Waals surface area contributed by atoms with Gasteiger partial charge in [-0.05, 0) is 25.7 Å². The number of carbonyl (C=O) groups excluding carboxylic acids is 1. The van der Waals surface area contributed by atoms with Gasteiger partial charge in [0.05, 0.1) is 5.88 Å². The second-order valence-electron chi connectivity index (χ2n) is 3.18. The molecule has 0 aromatic rings. The lowest BCUT2D eigenvalue weighted by atomic mass is 10.5. The van der Waals surface area contributed by atoms with Gasteiger partial charge in [0.15, 0.2) is 0 Å². The Kier molecular flexibility index (Phi) is 12.2. The standard InChI is InChI=1S/C4H7Cl.C3H5ClO.C2H2ClF3/c5-3-4-1-2-4;1-3(5)2-4;3-1-2(4,5)6/h4H,1-3H2;2H2,1H3;1H2. The summed E-state index contributed by atoms with van der Waals surface area (Å²) in [6, 6.07) is 0. The minimum absolute atomic E-state index is 0.0201. The molecule has 1 nitrogen and oxygen atoms in total. The first-order valence-electron chi connectivity index (χ1n) is 4.50. The maximum absolute atomic E-state index is 10.7. The average Bonchev–Trinajstić information content (AvgIpc) is 3.01. The van der Waals surface area contributed by atoms with E-state index in [0.717, 1.165) is 11.8 Å². The number of carbonyl (C=O) groups is 1. The van der Waals surface area contributed by atoms with Gasteiger partial charge in [0.2, 0.25) is 0 Å². The van der Waals surface area contributed by atoms with Gasteiger partial charge in [0.1, 0.15) is 11.7 Å². The van der Waals surface area contributed by atoms with E-state index in [4.69, 9.17) is 23.2 Å². The SMILES string of the molecule is CC(=O)CCl.ClCC1CC1.FC(F)(F)CCl. The van der Waals surface area contributed by atoms with Gasteiger partial charge in [-0.25, -0.2) is 0 Å². The summed E-state index contributed by atoms with van der Waals surface area (Å²) >= 11 is 14.7. The summed E-state index contributed by atoms with van der Waals surface area (Å²) in [6.07, 6.45) is -1.44. The normalized spacial score (nSPS) is 14.2. The highest BCUT2D eigenvalue weighted by molar-refractivity contribution is 6.27. The number of Topliss-reactive ketones (excluding diaryl/α,β-unsaturated/α-hetero) is 1. The number of alkyl halides is 6. The third-order valence-electron chi connectivity index (χ3n) is 1.25. The zero-order valence-electron chi connectivity index (χ0n) is 8.79. The van der Waals surface area contributed by atoms with Crippen molar-refractivity contribution in [3.05, 3.63) is 0 Å². The van der Waals surface area contributed by atoms with Gasteiger partial charge in [-0.2, -0.15) is 13.2 Å². The second kappa shape index (κ2) is 10.5. The van der Waals surface area contributed by atoms with Crippen LogP contribution in [0.2, 0.25) is 0 Å². The van der Waals surface area contributed by atoms with E-state index in [1.165, 1.54) is 19.8 Å². The van der Waals surface area contributed by atoms with Crippen LogP contribution in [0.3, 0.4) is 0 Å². The molecule has 0 aromatic carbocycles. The van der Waals surface area contributed by atoms with E-state index in [2.05, 4.69) is 11.6 Å². The first kappa shape index (κ1) is 18.7. The lowest BCUT2D eigenvalue weighted by Crippen LogP contribution is -2.07. The van der Waals surface area contributed by atoms with E-state index in [0.29, 0.717) is 0 Å². The van der Waals surface area contributed by atoms with E-state index in [1.807, 2.05) is 0 Å². The molecule has 0 N–H and O–H groups in total. The summed E-state index contributed by atoms with van der Waals surface area (Å²) in [5, 5.41) is 0. The van der Waals surface area contributed by atoms with Crippen molar-refractivity contribution in [3.63, 3.8) is 0 Å². The van der Waals surface area contributed by atoms with Crippen molar-refractivity contribution in [3.8, 4) is 0 Å². The Bertz CT molecular complexity index is 181. The number of rotatable bonds is 2. The lowest BCUT2D eigenvalue weighted by Gasteiger charge is -1.94. The third kappa shape index (κ3) is 23.9. The van der Waals surface area contributed by atoms with E-state index >= 15 is 0 Å². The van der Waals surface area contributed by atoms with Crippen LogP contribution in [0, 0.1) is 5.92 Å². The van der Waals surface area contributed by atoms with Crippen molar-refractivity contribution in [2.75, 3.05) is 17.6 Å². The molecule has 0 aromatic heterocycles. The smallest absolute Gasteiger partial charge is 0.299 e. The molecule has 0 aliphatic heterocycles. The number of ketones is 1. The Balaban J connectivity index is 0. The Hall–Kier alpha value is 0.330. The third-order valence-corrected chi connectivity index (χ3v) is 2.37. The molecule has 1 rings (SSSR count). The first-order chi connectivity index (χ1) is 7.26. The van der Waals surface area contributed by atoms with E-state index < -0.39 is 12.1 Å². The lowest BCUT2D eigenvalue weighted by molar-refractivity contribution is -0.114. The first-order valence-corrected chi connectivity index (χ1v) is 6.11. The quantitative estimate of drug-likeness (QED) is 0.697. The van der Waals surface area contributed by atoms with Crippen molar-refractivity contribution in [1.29, 1.82) is 0 Å². The molecule has 1 saturated carbocycles. The fraction of sp³-hybridized carbons (Fsp3) is 0.889. The monoisotopic (exact) mass is 300 g/mol. The minimum atomic E-state index is -4.19. The van der Waals surface area contributed by atoms with Crippen LogP contribution in [0.15, 0.2) is 0 Å². The van der Waals surface area contributed by atoms with E-state index in [-0.39, 0.29) is 11.7 Å². The van der Waals surface area contributed by atoms with Gasteiger partial charge in [0.25, 0.3) is 0 Å². The van der Waals surface area contributed by atoms with Crippen LogP contribution >= 0.6 is 34.8 Å². The summed E-state index contributed by atoms with van der Waals surface area (Å²) in [5.74, 6) is 0.691. The van der Waals surface area contributed by atoms with Crippen LogP contribution in [-0.4, -0.2) is 29.6 Å². The van der Waals surface area contributed by atoms with Gasteiger partial charge in [-0.15, -0.1) is 34.8 Å². The number of hydrogen-bond donors (Lipinski definition) is 0. The zero-order valence-corrected chi connectivity index (χ0v) is 11.1. The molecule has 16 heavy (non-hydrogen) atoms. The van der Waals surface area contributed by atoms with Crippen LogP contribution in [0.1, 0.15) is 19.8 Å². The van der Waals surface area contributed by atoms with Crippen molar-refractivity contribution < 1.29 is 18.0 Å². The molecule has 1 aliphatic rings. The Morgan fingerprint density at radius 1 is 1.25 bits per heavy atom. The van der Waals surface area contributed by atoms with Gasteiger partial charge < -0.3 is 0 Å². The molecule has 0 spiro atoms. The van der Waals surface area contributed by atoms with E-state index in [9.17, 15) is 18.0 Å². The largest absolute Gasteiger partial charge is 0.402 e. The Morgan fingerprint density at radius 3 is 1.56 bits per heavy atom. The molecule has 1 aliphatic carbocycles. The average molecular weight is 302 g/mol. The van der Waals surface area contributed by atoms with Gasteiger partial charge in [-0.1, -0.05) is 0 Å². The molecule has 7 heteroatoms. The molecule has 0 radical (unpaired) electrons. The zero-order chi connectivity index (χ0) is 13.2. The van der Waals surface area contributed by atoms with E-state index in [1.54, 1.807) is 0 Å².